The predicted octanol–water partition coefficient (Wildman–Crippen LogP) is 4.49. The van der Waals surface area contributed by atoms with Gasteiger partial charge in [-0.25, -0.2) is 0 Å². The molecule has 1 atom stereocenters. The Hall–Kier alpha value is -1.13. The minimum absolute atomic E-state index is 0.00965. The van der Waals surface area contributed by atoms with E-state index in [1.165, 1.54) is 9.75 Å². The maximum atomic E-state index is 12.3. The van der Waals surface area contributed by atoms with E-state index in [2.05, 4.69) is 40.3 Å². The van der Waals surface area contributed by atoms with Crippen molar-refractivity contribution in [3.8, 4) is 0 Å². The smallest absolute Gasteiger partial charge is 0.251 e. The first-order chi connectivity index (χ1) is 9.45. The summed E-state index contributed by atoms with van der Waals surface area (Å²) in [5, 5.41) is 3.07. The zero-order valence-electron chi connectivity index (χ0n) is 11.9. The van der Waals surface area contributed by atoms with Crippen LogP contribution in [0.1, 0.15) is 32.6 Å². The average Bonchev–Trinajstić information content (AvgIpc) is 2.77. The third-order valence-electron chi connectivity index (χ3n) is 3.13. The van der Waals surface area contributed by atoms with Crippen LogP contribution >= 0.6 is 27.3 Å². The predicted molar refractivity (Wildman–Crippen MR) is 88.6 cm³/mol. The molecule has 0 aliphatic heterocycles. The molecule has 106 valence electrons. The molecule has 0 bridgehead atoms. The minimum Gasteiger partial charge on any atom is -0.349 e. The van der Waals surface area contributed by atoms with E-state index in [9.17, 15) is 4.79 Å². The number of aryl methyl sites for hydroxylation is 2. The Morgan fingerprint density at radius 1 is 1.30 bits per heavy atom. The number of benzene rings is 1. The summed E-state index contributed by atoms with van der Waals surface area (Å²) in [5.41, 5.74) is 1.72. The Morgan fingerprint density at radius 2 is 2.05 bits per heavy atom. The van der Waals surface area contributed by atoms with E-state index in [-0.39, 0.29) is 11.9 Å². The van der Waals surface area contributed by atoms with Crippen LogP contribution in [-0.2, 0) is 6.42 Å². The fourth-order valence-corrected chi connectivity index (χ4v) is 3.47. The largest absolute Gasteiger partial charge is 0.349 e. The lowest BCUT2D eigenvalue weighted by Crippen LogP contribution is -2.34. The summed E-state index contributed by atoms with van der Waals surface area (Å²) in [5.74, 6) is -0.00965. The van der Waals surface area contributed by atoms with Gasteiger partial charge in [0.1, 0.15) is 0 Å². The highest BCUT2D eigenvalue weighted by molar-refractivity contribution is 9.10. The third-order valence-corrected chi connectivity index (χ3v) is 4.64. The van der Waals surface area contributed by atoms with Crippen LogP contribution in [-0.4, -0.2) is 11.9 Å². The zero-order chi connectivity index (χ0) is 14.7. The van der Waals surface area contributed by atoms with E-state index in [0.717, 1.165) is 22.0 Å². The lowest BCUT2D eigenvalue weighted by Gasteiger charge is -2.14. The molecule has 1 aromatic carbocycles. The highest BCUT2D eigenvalue weighted by Crippen LogP contribution is 2.18. The quantitative estimate of drug-likeness (QED) is 0.863. The molecule has 1 aromatic heterocycles. The first-order valence-electron chi connectivity index (χ1n) is 6.58. The maximum Gasteiger partial charge on any atom is 0.251 e. The molecule has 1 heterocycles. The maximum absolute atomic E-state index is 12.3. The summed E-state index contributed by atoms with van der Waals surface area (Å²) in [6.07, 6.45) is 0.872. The molecule has 20 heavy (non-hydrogen) atoms. The van der Waals surface area contributed by atoms with Crippen molar-refractivity contribution in [3.63, 3.8) is 0 Å². The van der Waals surface area contributed by atoms with Gasteiger partial charge in [0.2, 0.25) is 0 Å². The van der Waals surface area contributed by atoms with Crippen molar-refractivity contribution in [2.45, 2.75) is 33.2 Å². The van der Waals surface area contributed by atoms with Gasteiger partial charge in [0, 0.05) is 32.3 Å². The van der Waals surface area contributed by atoms with Crippen molar-refractivity contribution in [2.75, 3.05) is 0 Å². The number of nitrogens with one attached hydrogen (secondary N) is 1. The molecule has 0 spiro atoms. The number of thiophene rings is 1. The second kappa shape index (κ2) is 6.55. The number of halogens is 1. The van der Waals surface area contributed by atoms with Crippen molar-refractivity contribution in [2.24, 2.45) is 0 Å². The van der Waals surface area contributed by atoms with Gasteiger partial charge >= 0.3 is 0 Å². The van der Waals surface area contributed by atoms with Gasteiger partial charge in [-0.2, -0.15) is 0 Å². The van der Waals surface area contributed by atoms with E-state index in [4.69, 9.17) is 0 Å². The second-order valence-electron chi connectivity index (χ2n) is 5.05. The van der Waals surface area contributed by atoms with Crippen LogP contribution in [0.4, 0.5) is 0 Å². The number of carbonyl (C=O) groups is 1. The molecule has 0 fully saturated rings. The zero-order valence-corrected chi connectivity index (χ0v) is 14.3. The molecule has 2 rings (SSSR count). The highest BCUT2D eigenvalue weighted by atomic mass is 79.9. The van der Waals surface area contributed by atoms with Crippen LogP contribution in [0.15, 0.2) is 34.8 Å². The lowest BCUT2D eigenvalue weighted by atomic mass is 10.1. The van der Waals surface area contributed by atoms with Crippen molar-refractivity contribution >= 4 is 33.2 Å². The molecule has 4 heteroatoms. The van der Waals surface area contributed by atoms with Gasteiger partial charge in [-0.05, 0) is 50.6 Å². The molecule has 0 aliphatic rings. The van der Waals surface area contributed by atoms with E-state index in [1.54, 1.807) is 11.3 Å². The number of hydrogen-bond acceptors (Lipinski definition) is 2. The van der Waals surface area contributed by atoms with Gasteiger partial charge < -0.3 is 5.32 Å². The monoisotopic (exact) mass is 351 g/mol. The van der Waals surface area contributed by atoms with Crippen LogP contribution in [0.3, 0.4) is 0 Å². The highest BCUT2D eigenvalue weighted by Gasteiger charge is 2.13. The Morgan fingerprint density at radius 3 is 2.70 bits per heavy atom. The number of amides is 1. The van der Waals surface area contributed by atoms with E-state index in [0.29, 0.717) is 0 Å². The van der Waals surface area contributed by atoms with Gasteiger partial charge in [0.05, 0.1) is 0 Å². The normalized spacial score (nSPS) is 12.2. The van der Waals surface area contributed by atoms with E-state index >= 15 is 0 Å². The fourth-order valence-electron chi connectivity index (χ4n) is 2.09. The summed E-state index contributed by atoms with van der Waals surface area (Å²) >= 11 is 5.19. The average molecular weight is 352 g/mol. The second-order valence-corrected chi connectivity index (χ2v) is 7.34. The summed E-state index contributed by atoms with van der Waals surface area (Å²) < 4.78 is 0.926. The topological polar surface area (TPSA) is 29.1 Å². The standard InChI is InChI=1S/C16H18BrNOS/c1-10-4-6-13(17)9-15(10)16(19)18-11(2)8-14-7-5-12(3)20-14/h4-7,9,11H,8H2,1-3H3,(H,18,19). The lowest BCUT2D eigenvalue weighted by molar-refractivity contribution is 0.0939. The number of carbonyl (C=O) groups excluding carboxylic acids is 1. The SMILES string of the molecule is Cc1ccc(CC(C)NC(=O)c2cc(Br)ccc2C)s1. The molecule has 1 unspecified atom stereocenters. The molecule has 1 N–H and O–H groups in total. The van der Waals surface area contributed by atoms with Crippen LogP contribution in [0.25, 0.3) is 0 Å². The summed E-state index contributed by atoms with van der Waals surface area (Å²) in [6.45, 7) is 6.09. The summed E-state index contributed by atoms with van der Waals surface area (Å²) in [7, 11) is 0. The molecular formula is C16H18BrNOS. The molecule has 2 aromatic rings. The van der Waals surface area contributed by atoms with Crippen LogP contribution in [0.2, 0.25) is 0 Å². The summed E-state index contributed by atoms with van der Waals surface area (Å²) in [4.78, 5) is 14.9. The molecule has 1 amide bonds. The molecular weight excluding hydrogens is 334 g/mol. The molecule has 0 saturated heterocycles. The number of rotatable bonds is 4. The van der Waals surface area contributed by atoms with Crippen molar-refractivity contribution in [1.29, 1.82) is 0 Å². The van der Waals surface area contributed by atoms with E-state index in [1.807, 2.05) is 32.0 Å². The van der Waals surface area contributed by atoms with Crippen molar-refractivity contribution < 1.29 is 4.79 Å². The van der Waals surface area contributed by atoms with Crippen molar-refractivity contribution in [1.82, 2.24) is 5.32 Å². The first-order valence-corrected chi connectivity index (χ1v) is 8.19. The van der Waals surface area contributed by atoms with Crippen LogP contribution in [0, 0.1) is 13.8 Å². The minimum atomic E-state index is -0.00965. The van der Waals surface area contributed by atoms with Gasteiger partial charge in [0.15, 0.2) is 0 Å². The van der Waals surface area contributed by atoms with Crippen LogP contribution in [0.5, 0.6) is 0 Å². The Bertz CT molecular complexity index is 621. The molecule has 0 radical (unpaired) electrons. The number of hydrogen-bond donors (Lipinski definition) is 1. The fraction of sp³-hybridized carbons (Fsp3) is 0.312. The van der Waals surface area contributed by atoms with Gasteiger partial charge in [0.25, 0.3) is 5.91 Å². The Labute approximate surface area is 132 Å². The van der Waals surface area contributed by atoms with Crippen molar-refractivity contribution in [3.05, 3.63) is 55.7 Å². The Balaban J connectivity index is 2.02. The molecule has 0 aliphatic carbocycles. The third kappa shape index (κ3) is 3.93. The first kappa shape index (κ1) is 15.3. The van der Waals surface area contributed by atoms with Crippen LogP contribution < -0.4 is 5.32 Å². The van der Waals surface area contributed by atoms with Gasteiger partial charge in [-0.15, -0.1) is 11.3 Å². The summed E-state index contributed by atoms with van der Waals surface area (Å²) in [6, 6.07) is 10.1. The molecule has 2 nitrogen and oxygen atoms in total. The van der Waals surface area contributed by atoms with Gasteiger partial charge in [-0.1, -0.05) is 22.0 Å². The van der Waals surface area contributed by atoms with Gasteiger partial charge in [-0.3, -0.25) is 4.79 Å². The van der Waals surface area contributed by atoms with E-state index < -0.39 is 0 Å². The Kier molecular flexibility index (Phi) is 5.00. The molecule has 0 saturated carbocycles.